The molecular formula is C11H14BrNO5S2. The Morgan fingerprint density at radius 1 is 1.45 bits per heavy atom. The molecule has 1 aromatic heterocycles. The van der Waals surface area contributed by atoms with Crippen molar-refractivity contribution in [2.45, 2.75) is 42.7 Å². The Balaban J connectivity index is 2.19. The molecule has 1 aliphatic rings. The summed E-state index contributed by atoms with van der Waals surface area (Å²) < 4.78 is 27.3. The van der Waals surface area contributed by atoms with E-state index in [4.69, 9.17) is 5.11 Å². The van der Waals surface area contributed by atoms with Crippen molar-refractivity contribution in [2.75, 3.05) is 0 Å². The molecule has 9 heteroatoms. The summed E-state index contributed by atoms with van der Waals surface area (Å²) in [5.74, 6) is -1.16. The summed E-state index contributed by atoms with van der Waals surface area (Å²) in [5.41, 5.74) is 0. The first-order valence-electron chi connectivity index (χ1n) is 6.02. The van der Waals surface area contributed by atoms with Gasteiger partial charge in [0.05, 0.1) is 9.89 Å². The van der Waals surface area contributed by atoms with Gasteiger partial charge >= 0.3 is 5.97 Å². The Hall–Kier alpha value is -0.480. The van der Waals surface area contributed by atoms with Crippen LogP contribution in [0.4, 0.5) is 0 Å². The van der Waals surface area contributed by atoms with E-state index >= 15 is 0 Å². The van der Waals surface area contributed by atoms with E-state index in [1.54, 1.807) is 0 Å². The fourth-order valence-corrected chi connectivity index (χ4v) is 5.88. The van der Waals surface area contributed by atoms with Crippen molar-refractivity contribution in [3.8, 4) is 0 Å². The van der Waals surface area contributed by atoms with Gasteiger partial charge < -0.3 is 10.2 Å². The van der Waals surface area contributed by atoms with Crippen LogP contribution in [0, 0.1) is 0 Å². The normalized spacial score (nSPS) is 23.7. The van der Waals surface area contributed by atoms with Crippen molar-refractivity contribution >= 4 is 43.3 Å². The Morgan fingerprint density at radius 2 is 2.15 bits per heavy atom. The lowest BCUT2D eigenvalue weighted by Gasteiger charge is -2.26. The monoisotopic (exact) mass is 383 g/mol. The van der Waals surface area contributed by atoms with E-state index < -0.39 is 22.1 Å². The second-order valence-corrected chi connectivity index (χ2v) is 8.74. The molecule has 0 spiro atoms. The molecule has 2 rings (SSSR count). The maximum Gasteiger partial charge on any atom is 0.345 e. The number of carboxylic acid groups (broad SMARTS) is 1. The molecule has 0 aromatic carbocycles. The van der Waals surface area contributed by atoms with Gasteiger partial charge in [-0.1, -0.05) is 0 Å². The van der Waals surface area contributed by atoms with Crippen LogP contribution in [0.25, 0.3) is 0 Å². The summed E-state index contributed by atoms with van der Waals surface area (Å²) in [6.07, 6.45) is 2.01. The minimum Gasteiger partial charge on any atom is -0.477 e. The molecule has 1 fully saturated rings. The summed E-state index contributed by atoms with van der Waals surface area (Å²) in [4.78, 5) is 10.8. The number of aliphatic hydroxyl groups excluding tert-OH is 1. The fraction of sp³-hybridized carbons (Fsp3) is 0.545. The highest BCUT2D eigenvalue weighted by Crippen LogP contribution is 2.32. The second-order valence-electron chi connectivity index (χ2n) is 4.69. The molecule has 20 heavy (non-hydrogen) atoms. The molecule has 0 radical (unpaired) electrons. The first-order chi connectivity index (χ1) is 9.29. The van der Waals surface area contributed by atoms with Crippen LogP contribution in [0.2, 0.25) is 0 Å². The van der Waals surface area contributed by atoms with Crippen LogP contribution in [-0.4, -0.2) is 36.7 Å². The van der Waals surface area contributed by atoms with Gasteiger partial charge in [-0.05, 0) is 47.7 Å². The third-order valence-electron chi connectivity index (χ3n) is 3.12. The molecular weight excluding hydrogens is 370 g/mol. The average Bonchev–Trinajstić information content (AvgIpc) is 2.71. The summed E-state index contributed by atoms with van der Waals surface area (Å²) >= 11 is 3.95. The molecule has 0 amide bonds. The number of hydrogen-bond donors (Lipinski definition) is 3. The molecule has 2 unspecified atom stereocenters. The van der Waals surface area contributed by atoms with Gasteiger partial charge in [-0.15, -0.1) is 11.3 Å². The van der Waals surface area contributed by atoms with Crippen LogP contribution in [-0.2, 0) is 10.0 Å². The van der Waals surface area contributed by atoms with Crippen molar-refractivity contribution in [1.29, 1.82) is 0 Å². The van der Waals surface area contributed by atoms with Crippen molar-refractivity contribution in [3.05, 3.63) is 14.7 Å². The van der Waals surface area contributed by atoms with E-state index in [9.17, 15) is 18.3 Å². The lowest BCUT2D eigenvalue weighted by molar-refractivity contribution is 0.0702. The number of carboxylic acids is 1. The topological polar surface area (TPSA) is 104 Å². The van der Waals surface area contributed by atoms with E-state index in [1.807, 2.05) is 0 Å². The first kappa shape index (κ1) is 15.9. The minimum absolute atomic E-state index is 0.0408. The van der Waals surface area contributed by atoms with E-state index in [1.165, 1.54) is 0 Å². The number of sulfonamides is 1. The number of aliphatic hydroxyl groups is 1. The fourth-order valence-electron chi connectivity index (χ4n) is 2.19. The maximum atomic E-state index is 12.3. The molecule has 0 bridgehead atoms. The molecule has 112 valence electrons. The van der Waals surface area contributed by atoms with Gasteiger partial charge in [0.2, 0.25) is 10.0 Å². The lowest BCUT2D eigenvalue weighted by Crippen LogP contribution is -2.39. The zero-order valence-corrected chi connectivity index (χ0v) is 13.6. The van der Waals surface area contributed by atoms with Gasteiger partial charge in [0.15, 0.2) is 0 Å². The highest BCUT2D eigenvalue weighted by Gasteiger charge is 2.28. The Morgan fingerprint density at radius 3 is 2.70 bits per heavy atom. The predicted octanol–water partition coefficient (Wildman–Crippen LogP) is 1.79. The molecule has 1 aromatic rings. The molecule has 0 saturated heterocycles. The van der Waals surface area contributed by atoms with Gasteiger partial charge in [-0.25, -0.2) is 17.9 Å². The summed E-state index contributed by atoms with van der Waals surface area (Å²) in [5, 5.41) is 18.4. The van der Waals surface area contributed by atoms with Gasteiger partial charge in [-0.2, -0.15) is 0 Å². The van der Waals surface area contributed by atoms with E-state index in [2.05, 4.69) is 20.7 Å². The van der Waals surface area contributed by atoms with Crippen molar-refractivity contribution in [3.63, 3.8) is 0 Å². The van der Waals surface area contributed by atoms with Crippen LogP contribution < -0.4 is 4.72 Å². The molecule has 2 atom stereocenters. The van der Waals surface area contributed by atoms with Crippen molar-refractivity contribution in [2.24, 2.45) is 0 Å². The Kier molecular flexibility index (Phi) is 4.85. The largest absolute Gasteiger partial charge is 0.477 e. The van der Waals surface area contributed by atoms with Crippen molar-refractivity contribution < 1.29 is 23.4 Å². The van der Waals surface area contributed by atoms with Gasteiger partial charge in [0.25, 0.3) is 0 Å². The summed E-state index contributed by atoms with van der Waals surface area (Å²) in [6, 6.07) is 0.822. The average molecular weight is 384 g/mol. The molecule has 6 nitrogen and oxygen atoms in total. The van der Waals surface area contributed by atoms with Crippen LogP contribution in [0.1, 0.15) is 35.4 Å². The van der Waals surface area contributed by atoms with Crippen LogP contribution in [0.15, 0.2) is 14.7 Å². The standard InChI is InChI=1S/C11H14BrNO5S2/c12-10-9(5-8(19-10)11(15)16)20(17,18)13-6-2-1-3-7(14)4-6/h5-7,13-14H,1-4H2,(H,15,16). The highest BCUT2D eigenvalue weighted by atomic mass is 79.9. The zero-order chi connectivity index (χ0) is 14.9. The quantitative estimate of drug-likeness (QED) is 0.735. The molecule has 1 aliphatic carbocycles. The molecule has 1 saturated carbocycles. The minimum atomic E-state index is -3.79. The smallest absolute Gasteiger partial charge is 0.345 e. The van der Waals surface area contributed by atoms with E-state index in [0.717, 1.165) is 23.8 Å². The molecule has 0 aliphatic heterocycles. The third-order valence-corrected chi connectivity index (χ3v) is 6.88. The summed E-state index contributed by atoms with van der Waals surface area (Å²) in [7, 11) is -3.79. The third kappa shape index (κ3) is 3.59. The first-order valence-corrected chi connectivity index (χ1v) is 9.12. The van der Waals surface area contributed by atoms with Crippen LogP contribution in [0.3, 0.4) is 0 Å². The van der Waals surface area contributed by atoms with E-state index in [0.29, 0.717) is 19.3 Å². The summed E-state index contributed by atoms with van der Waals surface area (Å²) in [6.45, 7) is 0. The number of thiophene rings is 1. The SMILES string of the molecule is O=C(O)c1cc(S(=O)(=O)NC2CCCC(O)C2)c(Br)s1. The lowest BCUT2D eigenvalue weighted by atomic mass is 9.94. The number of carbonyl (C=O) groups is 1. The number of hydrogen-bond acceptors (Lipinski definition) is 5. The Bertz CT molecular complexity index is 612. The van der Waals surface area contributed by atoms with Crippen LogP contribution >= 0.6 is 27.3 Å². The van der Waals surface area contributed by atoms with Crippen LogP contribution in [0.5, 0.6) is 0 Å². The van der Waals surface area contributed by atoms with E-state index in [-0.39, 0.29) is 19.6 Å². The second kappa shape index (κ2) is 6.10. The number of rotatable bonds is 4. The molecule has 3 N–H and O–H groups in total. The number of halogens is 1. The zero-order valence-electron chi connectivity index (χ0n) is 10.4. The Labute approximate surface area is 129 Å². The van der Waals surface area contributed by atoms with Gasteiger partial charge in [0, 0.05) is 6.04 Å². The molecule has 1 heterocycles. The number of nitrogens with one attached hydrogen (secondary N) is 1. The highest BCUT2D eigenvalue weighted by molar-refractivity contribution is 9.11. The van der Waals surface area contributed by atoms with Gasteiger partial charge in [-0.3, -0.25) is 0 Å². The predicted molar refractivity (Wildman–Crippen MR) is 77.6 cm³/mol. The van der Waals surface area contributed by atoms with Gasteiger partial charge in [0.1, 0.15) is 9.77 Å². The van der Waals surface area contributed by atoms with Crippen molar-refractivity contribution in [1.82, 2.24) is 4.72 Å². The number of aromatic carboxylic acids is 1. The maximum absolute atomic E-state index is 12.3.